The molecule has 0 aromatic carbocycles. The van der Waals surface area contributed by atoms with Crippen LogP contribution in [0, 0.1) is 6.92 Å². The average Bonchev–Trinajstić information content (AvgIpc) is 2.79. The lowest BCUT2D eigenvalue weighted by atomic mass is 9.96. The molecule has 1 aliphatic carbocycles. The molecule has 0 bridgehead atoms. The first-order valence-electron chi connectivity index (χ1n) is 10.7. The van der Waals surface area contributed by atoms with Crippen LogP contribution in [0.5, 0.6) is 0 Å². The predicted octanol–water partition coefficient (Wildman–Crippen LogP) is 2.48. The smallest absolute Gasteiger partial charge is 0.282 e. The van der Waals surface area contributed by atoms with Crippen molar-refractivity contribution < 1.29 is 8.42 Å². The summed E-state index contributed by atoms with van der Waals surface area (Å²) in [6.45, 7) is 4.11. The molecule has 1 saturated heterocycles. The Hall–Kier alpha value is -2.10. The fraction of sp³-hybridized carbons (Fsp3) is 0.571. The van der Waals surface area contributed by atoms with E-state index in [9.17, 15) is 8.42 Å². The van der Waals surface area contributed by atoms with Gasteiger partial charge < -0.3 is 4.90 Å². The number of hydrogen-bond donors (Lipinski definition) is 0. The third-order valence-corrected chi connectivity index (χ3v) is 8.16. The summed E-state index contributed by atoms with van der Waals surface area (Å²) in [6, 6.07) is 5.88. The monoisotopic (exact) mass is 430 g/mol. The van der Waals surface area contributed by atoms with Gasteiger partial charge in [-0.3, -0.25) is 4.98 Å². The van der Waals surface area contributed by atoms with Gasteiger partial charge in [-0.05, 0) is 31.9 Å². The summed E-state index contributed by atoms with van der Waals surface area (Å²) < 4.78 is 29.5. The molecule has 2 aliphatic rings. The number of nitrogens with zero attached hydrogens (tertiary/aromatic N) is 6. The molecule has 8 nitrogen and oxygen atoms in total. The highest BCUT2D eigenvalue weighted by Gasteiger charge is 2.34. The standard InChI is InChI=1S/C21H30N6O2S/c1-17-16-20(24-21(23-17)18-8-10-22-11-9-18)26-12-14-27(15-13-26)30(28,29)25(2)19-6-4-3-5-7-19/h8-11,16,19H,3-7,12-15H2,1-2H3. The summed E-state index contributed by atoms with van der Waals surface area (Å²) >= 11 is 0. The van der Waals surface area contributed by atoms with Gasteiger partial charge in [0.1, 0.15) is 5.82 Å². The van der Waals surface area contributed by atoms with Gasteiger partial charge in [0.05, 0.1) is 0 Å². The van der Waals surface area contributed by atoms with Gasteiger partial charge in [0, 0.05) is 69.0 Å². The molecule has 0 atom stereocenters. The largest absolute Gasteiger partial charge is 0.354 e. The van der Waals surface area contributed by atoms with E-state index in [1.165, 1.54) is 6.42 Å². The lowest BCUT2D eigenvalue weighted by Gasteiger charge is -2.39. The lowest BCUT2D eigenvalue weighted by molar-refractivity contribution is 0.259. The predicted molar refractivity (Wildman–Crippen MR) is 117 cm³/mol. The molecular weight excluding hydrogens is 400 g/mol. The van der Waals surface area contributed by atoms with Crippen molar-refractivity contribution in [2.75, 3.05) is 38.1 Å². The Morgan fingerprint density at radius 1 is 1.00 bits per heavy atom. The van der Waals surface area contributed by atoms with Crippen LogP contribution in [0.25, 0.3) is 11.4 Å². The fourth-order valence-electron chi connectivity index (χ4n) is 4.31. The Bertz CT molecular complexity index is 955. The zero-order valence-corrected chi connectivity index (χ0v) is 18.6. The maximum atomic E-state index is 13.1. The number of aromatic nitrogens is 3. The van der Waals surface area contributed by atoms with E-state index in [0.29, 0.717) is 32.0 Å². The minimum atomic E-state index is -3.43. The quantitative estimate of drug-likeness (QED) is 0.725. The zero-order valence-electron chi connectivity index (χ0n) is 17.7. The third-order valence-electron chi connectivity index (χ3n) is 6.12. The summed E-state index contributed by atoms with van der Waals surface area (Å²) in [6.07, 6.45) is 8.83. The Morgan fingerprint density at radius 2 is 1.67 bits per heavy atom. The molecule has 0 unspecified atom stereocenters. The Labute approximate surface area is 179 Å². The number of rotatable bonds is 5. The molecule has 3 heterocycles. The van der Waals surface area contributed by atoms with Crippen molar-refractivity contribution in [1.82, 2.24) is 23.6 Å². The third kappa shape index (κ3) is 4.48. The maximum absolute atomic E-state index is 13.1. The van der Waals surface area contributed by atoms with Crippen molar-refractivity contribution in [1.29, 1.82) is 0 Å². The first-order chi connectivity index (χ1) is 14.4. The van der Waals surface area contributed by atoms with Gasteiger partial charge in [-0.25, -0.2) is 9.97 Å². The van der Waals surface area contributed by atoms with Crippen LogP contribution < -0.4 is 4.90 Å². The van der Waals surface area contributed by atoms with E-state index in [4.69, 9.17) is 4.98 Å². The minimum absolute atomic E-state index is 0.134. The number of pyridine rings is 1. The molecule has 4 rings (SSSR count). The van der Waals surface area contributed by atoms with Crippen LogP contribution in [-0.4, -0.2) is 71.2 Å². The molecule has 0 spiro atoms. The molecule has 0 radical (unpaired) electrons. The van der Waals surface area contributed by atoms with Crippen LogP contribution in [-0.2, 0) is 10.2 Å². The van der Waals surface area contributed by atoms with Crippen molar-refractivity contribution in [2.24, 2.45) is 0 Å². The van der Waals surface area contributed by atoms with Crippen molar-refractivity contribution in [3.05, 3.63) is 36.3 Å². The maximum Gasteiger partial charge on any atom is 0.282 e. The molecular formula is C21H30N6O2S. The molecule has 30 heavy (non-hydrogen) atoms. The van der Waals surface area contributed by atoms with Crippen LogP contribution in [0.3, 0.4) is 0 Å². The first-order valence-corrected chi connectivity index (χ1v) is 12.1. The average molecular weight is 431 g/mol. The van der Waals surface area contributed by atoms with E-state index < -0.39 is 10.2 Å². The SMILES string of the molecule is Cc1cc(N2CCN(S(=O)(=O)N(C)C3CCCCC3)CC2)nc(-c2ccncc2)n1. The second-order valence-electron chi connectivity index (χ2n) is 8.13. The Balaban J connectivity index is 1.45. The lowest BCUT2D eigenvalue weighted by Crippen LogP contribution is -2.54. The number of piperazine rings is 1. The molecule has 162 valence electrons. The Morgan fingerprint density at radius 3 is 2.33 bits per heavy atom. The first kappa shape index (κ1) is 21.1. The molecule has 9 heteroatoms. The molecule has 2 fully saturated rings. The molecule has 0 N–H and O–H groups in total. The van der Waals surface area contributed by atoms with Crippen LogP contribution in [0.15, 0.2) is 30.6 Å². The highest BCUT2D eigenvalue weighted by Crippen LogP contribution is 2.26. The summed E-state index contributed by atoms with van der Waals surface area (Å²) in [5.74, 6) is 1.51. The van der Waals surface area contributed by atoms with Gasteiger partial charge in [-0.1, -0.05) is 19.3 Å². The van der Waals surface area contributed by atoms with Gasteiger partial charge in [-0.15, -0.1) is 0 Å². The number of hydrogen-bond acceptors (Lipinski definition) is 6. The van der Waals surface area contributed by atoms with E-state index in [1.807, 2.05) is 25.1 Å². The van der Waals surface area contributed by atoms with E-state index in [1.54, 1.807) is 28.1 Å². The minimum Gasteiger partial charge on any atom is -0.354 e. The molecule has 2 aromatic rings. The topological polar surface area (TPSA) is 82.5 Å². The van der Waals surface area contributed by atoms with Crippen molar-refractivity contribution in [2.45, 2.75) is 45.1 Å². The van der Waals surface area contributed by atoms with Gasteiger partial charge in [0.2, 0.25) is 0 Å². The van der Waals surface area contributed by atoms with Gasteiger partial charge in [0.15, 0.2) is 5.82 Å². The second-order valence-corrected chi connectivity index (χ2v) is 10.1. The van der Waals surface area contributed by atoms with Crippen molar-refractivity contribution in [3.8, 4) is 11.4 Å². The van der Waals surface area contributed by atoms with Crippen LogP contribution >= 0.6 is 0 Å². The highest BCUT2D eigenvalue weighted by atomic mass is 32.2. The van der Waals surface area contributed by atoms with Gasteiger partial charge in [0.25, 0.3) is 10.2 Å². The molecule has 2 aromatic heterocycles. The van der Waals surface area contributed by atoms with Crippen LogP contribution in [0.1, 0.15) is 37.8 Å². The summed E-state index contributed by atoms with van der Waals surface area (Å²) in [7, 11) is -1.68. The van der Waals surface area contributed by atoms with E-state index >= 15 is 0 Å². The summed E-state index contributed by atoms with van der Waals surface area (Å²) in [5.41, 5.74) is 1.81. The Kier molecular flexibility index (Phi) is 6.31. The zero-order chi connectivity index (χ0) is 21.1. The fourth-order valence-corrected chi connectivity index (χ4v) is 5.88. The number of anilines is 1. The van der Waals surface area contributed by atoms with Crippen LogP contribution in [0.4, 0.5) is 5.82 Å². The van der Waals surface area contributed by atoms with Gasteiger partial charge in [-0.2, -0.15) is 17.0 Å². The van der Waals surface area contributed by atoms with Crippen molar-refractivity contribution >= 4 is 16.0 Å². The molecule has 1 aliphatic heterocycles. The molecule has 0 amide bonds. The summed E-state index contributed by atoms with van der Waals surface area (Å²) in [5, 5.41) is 0. The van der Waals surface area contributed by atoms with Crippen LogP contribution in [0.2, 0.25) is 0 Å². The van der Waals surface area contributed by atoms with Gasteiger partial charge >= 0.3 is 0 Å². The number of aryl methyl sites for hydroxylation is 1. The molecule has 1 saturated carbocycles. The second kappa shape index (κ2) is 8.95. The van der Waals surface area contributed by atoms with E-state index in [2.05, 4.69) is 14.9 Å². The van der Waals surface area contributed by atoms with E-state index in [-0.39, 0.29) is 6.04 Å². The van der Waals surface area contributed by atoms with E-state index in [0.717, 1.165) is 42.8 Å². The summed E-state index contributed by atoms with van der Waals surface area (Å²) in [4.78, 5) is 15.5. The normalized spacial score (nSPS) is 19.4. The highest BCUT2D eigenvalue weighted by molar-refractivity contribution is 7.86. The van der Waals surface area contributed by atoms with Crippen molar-refractivity contribution in [3.63, 3.8) is 0 Å².